The first kappa shape index (κ1) is 16.9. The second kappa shape index (κ2) is 8.21. The Morgan fingerprint density at radius 2 is 1.68 bits per heavy atom. The van der Waals surface area contributed by atoms with Crippen molar-refractivity contribution in [3.05, 3.63) is 83.0 Å². The number of carbonyl (C=O) groups excluding carboxylic acids is 1. The lowest BCUT2D eigenvalue weighted by Gasteiger charge is -2.08. The van der Waals surface area contributed by atoms with Crippen LogP contribution in [0.3, 0.4) is 0 Å². The van der Waals surface area contributed by atoms with E-state index in [9.17, 15) is 4.79 Å². The molecule has 0 aliphatic carbocycles. The fourth-order valence-corrected chi connectivity index (χ4v) is 2.27. The maximum Gasteiger partial charge on any atom is 0.270 e. The zero-order valence-corrected chi connectivity index (χ0v) is 14.1. The summed E-state index contributed by atoms with van der Waals surface area (Å²) in [6, 6.07) is 12.8. The van der Waals surface area contributed by atoms with Gasteiger partial charge in [0.1, 0.15) is 17.8 Å². The van der Waals surface area contributed by atoms with Crippen molar-refractivity contribution < 1.29 is 4.79 Å². The SMILES string of the molecule is O=C(NCc1ccncc1)c1cc(NCc2ccc(Cl)cc2)ncn1. The van der Waals surface area contributed by atoms with Crippen LogP contribution in [0.4, 0.5) is 5.82 Å². The highest BCUT2D eigenvalue weighted by molar-refractivity contribution is 6.30. The van der Waals surface area contributed by atoms with Crippen molar-refractivity contribution in [2.45, 2.75) is 13.1 Å². The third-order valence-corrected chi connectivity index (χ3v) is 3.74. The van der Waals surface area contributed by atoms with E-state index in [4.69, 9.17) is 11.6 Å². The van der Waals surface area contributed by atoms with Gasteiger partial charge in [0.25, 0.3) is 5.91 Å². The van der Waals surface area contributed by atoms with Crippen LogP contribution in [-0.2, 0) is 13.1 Å². The largest absolute Gasteiger partial charge is 0.366 e. The average molecular weight is 354 g/mol. The lowest BCUT2D eigenvalue weighted by Crippen LogP contribution is -2.24. The van der Waals surface area contributed by atoms with Crippen LogP contribution >= 0.6 is 11.6 Å². The minimum atomic E-state index is -0.256. The van der Waals surface area contributed by atoms with Crippen molar-refractivity contribution in [3.8, 4) is 0 Å². The van der Waals surface area contributed by atoms with Gasteiger partial charge in [0.05, 0.1) is 0 Å². The highest BCUT2D eigenvalue weighted by Gasteiger charge is 2.08. The Labute approximate surface area is 150 Å². The van der Waals surface area contributed by atoms with E-state index in [1.54, 1.807) is 18.5 Å². The number of pyridine rings is 1. The van der Waals surface area contributed by atoms with Crippen LogP contribution in [0.2, 0.25) is 5.02 Å². The third kappa shape index (κ3) is 4.99. The van der Waals surface area contributed by atoms with Crippen LogP contribution in [-0.4, -0.2) is 20.9 Å². The van der Waals surface area contributed by atoms with Crippen molar-refractivity contribution in [1.29, 1.82) is 0 Å². The fraction of sp³-hybridized carbons (Fsp3) is 0.111. The zero-order chi connectivity index (χ0) is 17.5. The van der Waals surface area contributed by atoms with E-state index < -0.39 is 0 Å². The molecule has 0 spiro atoms. The van der Waals surface area contributed by atoms with Gasteiger partial charge in [-0.25, -0.2) is 9.97 Å². The highest BCUT2D eigenvalue weighted by Crippen LogP contribution is 2.11. The molecule has 2 N–H and O–H groups in total. The smallest absolute Gasteiger partial charge is 0.270 e. The monoisotopic (exact) mass is 353 g/mol. The van der Waals surface area contributed by atoms with E-state index in [0.29, 0.717) is 29.6 Å². The second-order valence-corrected chi connectivity index (χ2v) is 5.74. The minimum absolute atomic E-state index is 0.256. The molecule has 3 rings (SSSR count). The van der Waals surface area contributed by atoms with Crippen molar-refractivity contribution in [2.24, 2.45) is 0 Å². The number of halogens is 1. The number of benzene rings is 1. The van der Waals surface area contributed by atoms with Gasteiger partial charge in [-0.05, 0) is 35.4 Å². The first-order valence-electron chi connectivity index (χ1n) is 7.68. The summed E-state index contributed by atoms with van der Waals surface area (Å²) in [7, 11) is 0. The van der Waals surface area contributed by atoms with Gasteiger partial charge < -0.3 is 10.6 Å². The number of anilines is 1. The average Bonchev–Trinajstić information content (AvgIpc) is 2.67. The Kier molecular flexibility index (Phi) is 5.53. The number of carbonyl (C=O) groups is 1. The van der Waals surface area contributed by atoms with Gasteiger partial charge in [-0.15, -0.1) is 0 Å². The number of aromatic nitrogens is 3. The number of hydrogen-bond donors (Lipinski definition) is 2. The number of amides is 1. The summed E-state index contributed by atoms with van der Waals surface area (Å²) in [6.07, 6.45) is 4.74. The number of nitrogens with zero attached hydrogens (tertiary/aromatic N) is 3. The molecule has 0 saturated carbocycles. The molecule has 6 nitrogen and oxygen atoms in total. The molecule has 2 heterocycles. The topological polar surface area (TPSA) is 79.8 Å². The maximum absolute atomic E-state index is 12.2. The van der Waals surface area contributed by atoms with Gasteiger partial charge in [-0.3, -0.25) is 9.78 Å². The summed E-state index contributed by atoms with van der Waals surface area (Å²) in [5, 5.41) is 6.68. The number of hydrogen-bond acceptors (Lipinski definition) is 5. The Balaban J connectivity index is 1.58. The summed E-state index contributed by atoms with van der Waals surface area (Å²) >= 11 is 5.87. The molecule has 0 fully saturated rings. The summed E-state index contributed by atoms with van der Waals surface area (Å²) < 4.78 is 0. The molecule has 126 valence electrons. The Hall–Kier alpha value is -2.99. The quantitative estimate of drug-likeness (QED) is 0.712. The molecule has 7 heteroatoms. The molecular weight excluding hydrogens is 338 g/mol. The normalized spacial score (nSPS) is 10.3. The molecule has 0 bridgehead atoms. The van der Waals surface area contributed by atoms with Crippen LogP contribution < -0.4 is 10.6 Å². The van der Waals surface area contributed by atoms with Crippen molar-refractivity contribution in [3.63, 3.8) is 0 Å². The van der Waals surface area contributed by atoms with Gasteiger partial charge in [-0.2, -0.15) is 0 Å². The summed E-state index contributed by atoms with van der Waals surface area (Å²) in [4.78, 5) is 24.3. The predicted octanol–water partition coefficient (Wildman–Crippen LogP) is 3.07. The first-order valence-corrected chi connectivity index (χ1v) is 8.06. The van der Waals surface area contributed by atoms with Crippen LogP contribution in [0, 0.1) is 0 Å². The Morgan fingerprint density at radius 3 is 2.44 bits per heavy atom. The molecule has 0 atom stereocenters. The number of rotatable bonds is 6. The van der Waals surface area contributed by atoms with Gasteiger partial charge in [0, 0.05) is 36.6 Å². The van der Waals surface area contributed by atoms with E-state index in [0.717, 1.165) is 11.1 Å². The molecular formula is C18H16ClN5O. The first-order chi connectivity index (χ1) is 12.2. The Bertz CT molecular complexity index is 840. The van der Waals surface area contributed by atoms with Crippen molar-refractivity contribution in [1.82, 2.24) is 20.3 Å². The van der Waals surface area contributed by atoms with Crippen LogP contribution in [0.1, 0.15) is 21.6 Å². The number of nitrogens with one attached hydrogen (secondary N) is 2. The fourth-order valence-electron chi connectivity index (χ4n) is 2.15. The van der Waals surface area contributed by atoms with E-state index in [1.807, 2.05) is 36.4 Å². The van der Waals surface area contributed by atoms with E-state index in [2.05, 4.69) is 25.6 Å². The van der Waals surface area contributed by atoms with E-state index >= 15 is 0 Å². The lowest BCUT2D eigenvalue weighted by atomic mass is 10.2. The summed E-state index contributed by atoms with van der Waals surface area (Å²) in [6.45, 7) is 0.991. The molecule has 2 aromatic heterocycles. The van der Waals surface area contributed by atoms with Crippen LogP contribution in [0.25, 0.3) is 0 Å². The molecule has 25 heavy (non-hydrogen) atoms. The van der Waals surface area contributed by atoms with Gasteiger partial charge in [0.2, 0.25) is 0 Å². The molecule has 1 aromatic carbocycles. The van der Waals surface area contributed by atoms with Crippen molar-refractivity contribution >= 4 is 23.3 Å². The highest BCUT2D eigenvalue weighted by atomic mass is 35.5. The predicted molar refractivity (Wildman–Crippen MR) is 96.2 cm³/mol. The van der Waals surface area contributed by atoms with Crippen LogP contribution in [0.5, 0.6) is 0 Å². The maximum atomic E-state index is 12.2. The van der Waals surface area contributed by atoms with E-state index in [1.165, 1.54) is 6.33 Å². The molecule has 0 radical (unpaired) electrons. The lowest BCUT2D eigenvalue weighted by molar-refractivity contribution is 0.0946. The molecule has 0 aliphatic heterocycles. The molecule has 3 aromatic rings. The zero-order valence-electron chi connectivity index (χ0n) is 13.3. The molecule has 0 saturated heterocycles. The Morgan fingerprint density at radius 1 is 0.960 bits per heavy atom. The summed E-state index contributed by atoms with van der Waals surface area (Å²) in [5.74, 6) is 0.327. The molecule has 1 amide bonds. The van der Waals surface area contributed by atoms with Crippen molar-refractivity contribution in [2.75, 3.05) is 5.32 Å². The van der Waals surface area contributed by atoms with Gasteiger partial charge in [0.15, 0.2) is 0 Å². The minimum Gasteiger partial charge on any atom is -0.366 e. The second-order valence-electron chi connectivity index (χ2n) is 5.31. The molecule has 0 aliphatic rings. The van der Waals surface area contributed by atoms with Gasteiger partial charge >= 0.3 is 0 Å². The van der Waals surface area contributed by atoms with Crippen LogP contribution in [0.15, 0.2) is 61.2 Å². The van der Waals surface area contributed by atoms with Gasteiger partial charge in [-0.1, -0.05) is 23.7 Å². The third-order valence-electron chi connectivity index (χ3n) is 3.49. The standard InChI is InChI=1S/C18H16ClN5O/c19-15-3-1-13(2-4-15)10-21-17-9-16(23-12-24-17)18(25)22-11-14-5-7-20-8-6-14/h1-9,12H,10-11H2,(H,22,25)(H,21,23,24). The molecule has 0 unspecified atom stereocenters. The van der Waals surface area contributed by atoms with E-state index in [-0.39, 0.29) is 5.91 Å². The summed E-state index contributed by atoms with van der Waals surface area (Å²) in [5.41, 5.74) is 2.34.